The molecular weight excluding hydrogens is 272 g/mol. The predicted octanol–water partition coefficient (Wildman–Crippen LogP) is 4.62. The van der Waals surface area contributed by atoms with E-state index in [4.69, 9.17) is 4.74 Å². The maximum Gasteiger partial charge on any atom is 0.311 e. The van der Waals surface area contributed by atoms with Crippen LogP contribution in [0.3, 0.4) is 0 Å². The van der Waals surface area contributed by atoms with Crippen LogP contribution in [0.1, 0.15) is 49.8 Å². The fraction of sp³-hybridized carbons (Fsp3) is 0.350. The summed E-state index contributed by atoms with van der Waals surface area (Å²) in [5.74, 6) is 0.762. The topological polar surface area (TPSA) is 26.3 Å². The smallest absolute Gasteiger partial charge is 0.311 e. The van der Waals surface area contributed by atoms with Gasteiger partial charge in [-0.2, -0.15) is 0 Å². The molecule has 0 bridgehead atoms. The molecule has 2 aromatic rings. The van der Waals surface area contributed by atoms with Gasteiger partial charge < -0.3 is 4.74 Å². The molecule has 2 nitrogen and oxygen atoms in total. The van der Waals surface area contributed by atoms with Gasteiger partial charge in [0.25, 0.3) is 0 Å². The summed E-state index contributed by atoms with van der Waals surface area (Å²) in [7, 11) is 0. The second-order valence-corrected chi connectivity index (χ2v) is 7.06. The van der Waals surface area contributed by atoms with E-state index in [2.05, 4.69) is 45.0 Å². The molecule has 1 atom stereocenters. The summed E-state index contributed by atoms with van der Waals surface area (Å²) < 4.78 is 5.54. The zero-order chi connectivity index (χ0) is 15.7. The Bertz CT molecular complexity index is 681. The third-order valence-electron chi connectivity index (χ3n) is 4.30. The molecule has 114 valence electrons. The number of rotatable bonds is 1. The van der Waals surface area contributed by atoms with E-state index in [9.17, 15) is 4.79 Å². The first kappa shape index (κ1) is 14.8. The number of hydrogen-bond acceptors (Lipinski definition) is 2. The Labute approximate surface area is 132 Å². The summed E-state index contributed by atoms with van der Waals surface area (Å²) >= 11 is 0. The van der Waals surface area contributed by atoms with Crippen molar-refractivity contribution in [2.45, 2.75) is 44.9 Å². The Kier molecular flexibility index (Phi) is 3.78. The first-order valence-corrected chi connectivity index (χ1v) is 7.82. The number of hydrogen-bond donors (Lipinski definition) is 0. The van der Waals surface area contributed by atoms with Crippen LogP contribution in [0.25, 0.3) is 0 Å². The summed E-state index contributed by atoms with van der Waals surface area (Å²) in [5.41, 5.74) is 3.70. The van der Waals surface area contributed by atoms with Gasteiger partial charge in [-0.3, -0.25) is 4.79 Å². The van der Waals surface area contributed by atoms with E-state index in [1.54, 1.807) is 0 Å². The molecule has 0 aliphatic carbocycles. The van der Waals surface area contributed by atoms with E-state index in [0.717, 1.165) is 17.7 Å². The van der Waals surface area contributed by atoms with Crippen molar-refractivity contribution in [1.29, 1.82) is 0 Å². The lowest BCUT2D eigenvalue weighted by atomic mass is 9.84. The second-order valence-electron chi connectivity index (χ2n) is 7.06. The molecule has 0 fully saturated rings. The minimum atomic E-state index is -0.142. The lowest BCUT2D eigenvalue weighted by Crippen LogP contribution is -2.12. The van der Waals surface area contributed by atoms with Crippen LogP contribution in [0.15, 0.2) is 48.5 Å². The van der Waals surface area contributed by atoms with Crippen molar-refractivity contribution >= 4 is 5.97 Å². The molecule has 2 heteroatoms. The van der Waals surface area contributed by atoms with Gasteiger partial charge in [0.1, 0.15) is 5.75 Å². The number of carbonyl (C=O) groups is 1. The molecule has 0 radical (unpaired) electrons. The van der Waals surface area contributed by atoms with Crippen molar-refractivity contribution in [2.24, 2.45) is 0 Å². The van der Waals surface area contributed by atoms with Crippen LogP contribution in [-0.4, -0.2) is 5.97 Å². The molecule has 0 unspecified atom stereocenters. The van der Waals surface area contributed by atoms with Gasteiger partial charge in [0, 0.05) is 0 Å². The van der Waals surface area contributed by atoms with Gasteiger partial charge in [-0.25, -0.2) is 0 Å². The van der Waals surface area contributed by atoms with Crippen LogP contribution in [0, 0.1) is 0 Å². The Balaban J connectivity index is 2.00. The normalized spacial score (nSPS) is 18.3. The number of esters is 1. The average molecular weight is 294 g/mol. The zero-order valence-corrected chi connectivity index (χ0v) is 13.4. The maximum atomic E-state index is 12.1. The van der Waals surface area contributed by atoms with E-state index in [1.807, 2.05) is 24.3 Å². The van der Waals surface area contributed by atoms with Gasteiger partial charge in [-0.15, -0.1) is 0 Å². The molecule has 0 amide bonds. The molecule has 0 aromatic heterocycles. The Morgan fingerprint density at radius 2 is 1.73 bits per heavy atom. The molecule has 1 aliphatic heterocycles. The Morgan fingerprint density at radius 3 is 2.41 bits per heavy atom. The first-order valence-electron chi connectivity index (χ1n) is 7.82. The van der Waals surface area contributed by atoms with Crippen molar-refractivity contribution in [3.63, 3.8) is 0 Å². The largest absolute Gasteiger partial charge is 0.426 e. The van der Waals surface area contributed by atoms with Crippen molar-refractivity contribution in [3.05, 3.63) is 65.2 Å². The van der Waals surface area contributed by atoms with Crippen LogP contribution in [0.4, 0.5) is 0 Å². The van der Waals surface area contributed by atoms with E-state index in [0.29, 0.717) is 6.42 Å². The molecule has 0 spiro atoms. The quantitative estimate of drug-likeness (QED) is 0.566. The summed E-state index contributed by atoms with van der Waals surface area (Å²) in [5, 5.41) is 0. The van der Waals surface area contributed by atoms with Crippen molar-refractivity contribution < 1.29 is 9.53 Å². The van der Waals surface area contributed by atoms with Crippen molar-refractivity contribution in [3.8, 4) is 5.75 Å². The summed E-state index contributed by atoms with van der Waals surface area (Å²) in [4.78, 5) is 12.1. The van der Waals surface area contributed by atoms with Crippen LogP contribution in [0.2, 0.25) is 0 Å². The highest BCUT2D eigenvalue weighted by Gasteiger charge is 2.26. The van der Waals surface area contributed by atoms with Gasteiger partial charge >= 0.3 is 5.97 Å². The molecule has 0 saturated carbocycles. The van der Waals surface area contributed by atoms with Crippen LogP contribution in [0.5, 0.6) is 5.75 Å². The van der Waals surface area contributed by atoms with Crippen LogP contribution in [-0.2, 0) is 16.6 Å². The van der Waals surface area contributed by atoms with Crippen LogP contribution >= 0.6 is 0 Å². The predicted molar refractivity (Wildman–Crippen MR) is 88.3 cm³/mol. The fourth-order valence-electron chi connectivity index (χ4n) is 2.97. The Morgan fingerprint density at radius 1 is 1.00 bits per heavy atom. The summed E-state index contributed by atoms with van der Waals surface area (Å²) in [6, 6.07) is 16.5. The minimum absolute atomic E-state index is 0.0909. The lowest BCUT2D eigenvalue weighted by Gasteiger charge is -2.21. The van der Waals surface area contributed by atoms with E-state index >= 15 is 0 Å². The minimum Gasteiger partial charge on any atom is -0.426 e. The molecule has 3 rings (SSSR count). The second kappa shape index (κ2) is 5.60. The highest BCUT2D eigenvalue weighted by Crippen LogP contribution is 2.35. The van der Waals surface area contributed by atoms with Gasteiger partial charge in [-0.05, 0) is 40.5 Å². The van der Waals surface area contributed by atoms with E-state index < -0.39 is 0 Å². The number of carbonyl (C=O) groups excluding carboxylic acids is 1. The van der Waals surface area contributed by atoms with Crippen LogP contribution < -0.4 is 4.74 Å². The fourth-order valence-corrected chi connectivity index (χ4v) is 2.97. The highest BCUT2D eigenvalue weighted by molar-refractivity contribution is 5.75. The summed E-state index contributed by atoms with van der Waals surface area (Å²) in [6.45, 7) is 6.60. The highest BCUT2D eigenvalue weighted by atomic mass is 16.5. The third kappa shape index (κ3) is 3.06. The van der Waals surface area contributed by atoms with Gasteiger partial charge in [0.2, 0.25) is 0 Å². The molecule has 2 aromatic carbocycles. The molecular formula is C20H22O2. The molecule has 22 heavy (non-hydrogen) atoms. The number of benzene rings is 2. The molecule has 0 saturated heterocycles. The standard InChI is InChI=1S/C20H22O2/c1-20(2,3)17-9-10-18-16(12-17)11-15(13-19(21)22-18)14-7-5-4-6-8-14/h4-10,12,15H,11,13H2,1-3H3/t15-/m1/s1. The lowest BCUT2D eigenvalue weighted by molar-refractivity contribution is -0.134. The maximum absolute atomic E-state index is 12.1. The Hall–Kier alpha value is -2.09. The SMILES string of the molecule is CC(C)(C)c1ccc2c(c1)C[C@@H](c1ccccc1)CC(=O)O2. The van der Waals surface area contributed by atoms with E-state index in [1.165, 1.54) is 11.1 Å². The molecule has 0 N–H and O–H groups in total. The van der Waals surface area contributed by atoms with Crippen molar-refractivity contribution in [2.75, 3.05) is 0 Å². The third-order valence-corrected chi connectivity index (χ3v) is 4.30. The van der Waals surface area contributed by atoms with Gasteiger partial charge in [0.15, 0.2) is 0 Å². The van der Waals surface area contributed by atoms with E-state index in [-0.39, 0.29) is 17.3 Å². The average Bonchev–Trinajstić information content (AvgIpc) is 2.64. The molecule has 1 heterocycles. The number of ether oxygens (including phenoxy) is 1. The monoisotopic (exact) mass is 294 g/mol. The summed E-state index contributed by atoms with van der Waals surface area (Å²) in [6.07, 6.45) is 1.28. The molecule has 1 aliphatic rings. The first-order chi connectivity index (χ1) is 10.4. The van der Waals surface area contributed by atoms with Gasteiger partial charge in [-0.1, -0.05) is 63.2 Å². The number of fused-ring (bicyclic) bond motifs is 1. The zero-order valence-electron chi connectivity index (χ0n) is 13.4. The van der Waals surface area contributed by atoms with Crippen molar-refractivity contribution in [1.82, 2.24) is 0 Å². The van der Waals surface area contributed by atoms with Gasteiger partial charge in [0.05, 0.1) is 6.42 Å².